The van der Waals surface area contributed by atoms with Crippen LogP contribution in [0, 0.1) is 10.8 Å². The van der Waals surface area contributed by atoms with Crippen molar-refractivity contribution in [3.05, 3.63) is 58.8 Å². The van der Waals surface area contributed by atoms with E-state index in [9.17, 15) is 4.79 Å². The Morgan fingerprint density at radius 2 is 1.56 bits per heavy atom. The third-order valence-corrected chi connectivity index (χ3v) is 8.94. The molecule has 218 valence electrons. The summed E-state index contributed by atoms with van der Waals surface area (Å²) in [7, 11) is 0. The summed E-state index contributed by atoms with van der Waals surface area (Å²) in [6.07, 6.45) is 12.3. The highest BCUT2D eigenvalue weighted by molar-refractivity contribution is 5.88. The first-order valence-electron chi connectivity index (χ1n) is 15.0. The van der Waals surface area contributed by atoms with Crippen molar-refractivity contribution in [3.63, 3.8) is 0 Å². The molecule has 0 unspecified atom stereocenters. The Bertz CT molecular complexity index is 1400. The van der Waals surface area contributed by atoms with E-state index in [1.54, 1.807) is 30.2 Å². The third-order valence-electron chi connectivity index (χ3n) is 8.94. The standard InChI is InChI=1S/C19H24N4O2.C12H17N3O/c1-3-16-14(10-23-11-15(9-20-23)18(24)25-4-2)5-6-17(21-16)22-12-19(13-22)7-8-19;1-2-10-9(6-16)5-13-11(14-10)15-7-12(8-15)3-4-12/h5-6,9,11H,3-4,7-8,10,12-13H2,1-2H3;5,16H,2-4,6-8H2,1H3. The molecule has 2 saturated carbocycles. The molecule has 2 aliphatic carbocycles. The Labute approximate surface area is 241 Å². The molecule has 2 spiro atoms. The van der Waals surface area contributed by atoms with Crippen molar-refractivity contribution in [2.24, 2.45) is 10.8 Å². The first kappa shape index (κ1) is 27.6. The van der Waals surface area contributed by atoms with Gasteiger partial charge in [-0.25, -0.2) is 19.7 Å². The van der Waals surface area contributed by atoms with Gasteiger partial charge in [0.25, 0.3) is 0 Å². The highest BCUT2D eigenvalue weighted by Crippen LogP contribution is 2.54. The number of esters is 1. The van der Waals surface area contributed by atoms with E-state index in [4.69, 9.17) is 14.8 Å². The highest BCUT2D eigenvalue weighted by atomic mass is 16.5. The summed E-state index contributed by atoms with van der Waals surface area (Å²) in [6, 6.07) is 4.25. The van der Waals surface area contributed by atoms with Gasteiger partial charge in [-0.1, -0.05) is 19.9 Å². The zero-order valence-electron chi connectivity index (χ0n) is 24.5. The van der Waals surface area contributed by atoms with E-state index >= 15 is 0 Å². The van der Waals surface area contributed by atoms with Crippen LogP contribution in [-0.4, -0.2) is 68.6 Å². The molecule has 3 aromatic rings. The van der Waals surface area contributed by atoms with Gasteiger partial charge >= 0.3 is 5.97 Å². The second-order valence-corrected chi connectivity index (χ2v) is 12.1. The van der Waals surface area contributed by atoms with Crippen molar-refractivity contribution in [1.82, 2.24) is 24.7 Å². The maximum absolute atomic E-state index is 11.8. The second kappa shape index (κ2) is 11.0. The molecule has 0 bridgehead atoms. The van der Waals surface area contributed by atoms with E-state index in [-0.39, 0.29) is 12.6 Å². The minimum absolute atomic E-state index is 0.0351. The van der Waals surface area contributed by atoms with E-state index in [1.165, 1.54) is 25.7 Å². The van der Waals surface area contributed by atoms with Crippen LogP contribution in [0.15, 0.2) is 30.7 Å². The van der Waals surface area contributed by atoms with E-state index in [2.05, 4.69) is 50.8 Å². The van der Waals surface area contributed by atoms with Gasteiger partial charge in [-0.15, -0.1) is 0 Å². The monoisotopic (exact) mass is 559 g/mol. The van der Waals surface area contributed by atoms with Gasteiger partial charge in [0.15, 0.2) is 0 Å². The Morgan fingerprint density at radius 1 is 0.902 bits per heavy atom. The number of aliphatic hydroxyl groups is 1. The lowest BCUT2D eigenvalue weighted by Crippen LogP contribution is -2.49. The van der Waals surface area contributed by atoms with E-state index in [1.807, 2.05) is 0 Å². The number of carbonyl (C=O) groups is 1. The summed E-state index contributed by atoms with van der Waals surface area (Å²) >= 11 is 0. The van der Waals surface area contributed by atoms with Gasteiger partial charge in [0, 0.05) is 60.7 Å². The van der Waals surface area contributed by atoms with E-state index in [0.717, 1.165) is 73.3 Å². The van der Waals surface area contributed by atoms with Crippen molar-refractivity contribution in [3.8, 4) is 0 Å². The molecule has 0 aromatic carbocycles. The lowest BCUT2D eigenvalue weighted by molar-refractivity contribution is 0.0526. The number of pyridine rings is 1. The summed E-state index contributed by atoms with van der Waals surface area (Å²) in [5, 5.41) is 13.4. The van der Waals surface area contributed by atoms with Crippen LogP contribution in [0.25, 0.3) is 0 Å². The normalized spacial score (nSPS) is 18.8. The number of hydrogen-bond acceptors (Lipinski definition) is 9. The number of rotatable bonds is 9. The van der Waals surface area contributed by atoms with Crippen LogP contribution in [-0.2, 0) is 30.7 Å². The maximum atomic E-state index is 11.8. The van der Waals surface area contributed by atoms with Gasteiger partial charge < -0.3 is 19.6 Å². The molecule has 4 fully saturated rings. The molecule has 2 aliphatic heterocycles. The predicted molar refractivity (Wildman–Crippen MR) is 156 cm³/mol. The first-order chi connectivity index (χ1) is 19.9. The van der Waals surface area contributed by atoms with Gasteiger partial charge in [0.1, 0.15) is 5.82 Å². The lowest BCUT2D eigenvalue weighted by atomic mass is 9.97. The highest BCUT2D eigenvalue weighted by Gasteiger charge is 2.53. The molecule has 0 radical (unpaired) electrons. The molecule has 7 rings (SSSR count). The molecular formula is C31H41N7O3. The summed E-state index contributed by atoms with van der Waals surface area (Å²) in [5.74, 6) is 1.60. The van der Waals surface area contributed by atoms with Crippen molar-refractivity contribution in [2.45, 2.75) is 72.4 Å². The molecule has 2 saturated heterocycles. The average molecular weight is 560 g/mol. The number of hydrogen-bond donors (Lipinski definition) is 1. The quantitative estimate of drug-likeness (QED) is 0.392. The molecule has 41 heavy (non-hydrogen) atoms. The first-order valence-corrected chi connectivity index (χ1v) is 15.0. The van der Waals surface area contributed by atoms with Gasteiger partial charge in [-0.05, 0) is 57.1 Å². The van der Waals surface area contributed by atoms with Gasteiger partial charge in [0.2, 0.25) is 5.95 Å². The van der Waals surface area contributed by atoms with Crippen LogP contribution >= 0.6 is 0 Å². The predicted octanol–water partition coefficient (Wildman–Crippen LogP) is 3.80. The molecule has 3 aromatic heterocycles. The SMILES string of the molecule is CCOC(=O)c1cnn(Cc2ccc(N3CC4(CC4)C3)nc2CC)c1.CCc1nc(N2CC3(CC3)C2)ncc1CO. The summed E-state index contributed by atoms with van der Waals surface area (Å²) < 4.78 is 6.78. The Kier molecular flexibility index (Phi) is 7.44. The van der Waals surface area contributed by atoms with Crippen molar-refractivity contribution in [1.29, 1.82) is 0 Å². The van der Waals surface area contributed by atoms with E-state index in [0.29, 0.717) is 29.5 Å². The maximum Gasteiger partial charge on any atom is 0.341 e. The smallest absolute Gasteiger partial charge is 0.341 e. The molecular weight excluding hydrogens is 518 g/mol. The molecule has 10 nitrogen and oxygen atoms in total. The molecule has 1 N–H and O–H groups in total. The fourth-order valence-electron chi connectivity index (χ4n) is 5.93. The number of aromatic nitrogens is 5. The number of carbonyl (C=O) groups excluding carboxylic acids is 1. The number of aryl methyl sites for hydroxylation is 2. The van der Waals surface area contributed by atoms with Crippen LogP contribution in [0.4, 0.5) is 11.8 Å². The van der Waals surface area contributed by atoms with Gasteiger partial charge in [-0.2, -0.15) is 5.10 Å². The minimum Gasteiger partial charge on any atom is -0.462 e. The lowest BCUT2D eigenvalue weighted by Gasteiger charge is -2.41. The zero-order chi connectivity index (χ0) is 28.6. The molecule has 0 amide bonds. The third kappa shape index (κ3) is 5.80. The van der Waals surface area contributed by atoms with Gasteiger partial charge in [-0.3, -0.25) is 4.68 Å². The molecule has 4 aliphatic rings. The topological polar surface area (TPSA) is 110 Å². The van der Waals surface area contributed by atoms with Crippen LogP contribution in [0.1, 0.15) is 79.3 Å². The number of aliphatic hydroxyl groups excluding tert-OH is 1. The van der Waals surface area contributed by atoms with Crippen molar-refractivity contribution in [2.75, 3.05) is 42.6 Å². The molecule has 0 atom stereocenters. The summed E-state index contributed by atoms with van der Waals surface area (Å²) in [5.41, 5.74) is 5.82. The fraction of sp³-hybridized carbons (Fsp3) is 0.581. The Morgan fingerprint density at radius 3 is 2.17 bits per heavy atom. The summed E-state index contributed by atoms with van der Waals surface area (Å²) in [6.45, 7) is 11.6. The fourth-order valence-corrected chi connectivity index (χ4v) is 5.93. The van der Waals surface area contributed by atoms with Crippen LogP contribution in [0.2, 0.25) is 0 Å². The molecule has 10 heteroatoms. The Hall–Kier alpha value is -3.53. The Balaban J connectivity index is 0.000000162. The van der Waals surface area contributed by atoms with Crippen LogP contribution < -0.4 is 9.80 Å². The van der Waals surface area contributed by atoms with Gasteiger partial charge in [0.05, 0.1) is 37.2 Å². The number of anilines is 2. The van der Waals surface area contributed by atoms with Crippen LogP contribution in [0.5, 0.6) is 0 Å². The zero-order valence-corrected chi connectivity index (χ0v) is 24.5. The summed E-state index contributed by atoms with van der Waals surface area (Å²) in [4.78, 5) is 30.1. The second-order valence-electron chi connectivity index (χ2n) is 12.1. The minimum atomic E-state index is -0.329. The van der Waals surface area contributed by atoms with Crippen LogP contribution in [0.3, 0.4) is 0 Å². The van der Waals surface area contributed by atoms with Crippen molar-refractivity contribution < 1.29 is 14.6 Å². The molecule has 5 heterocycles. The number of ether oxygens (including phenoxy) is 1. The number of nitrogens with zero attached hydrogens (tertiary/aromatic N) is 7. The largest absolute Gasteiger partial charge is 0.462 e. The average Bonchev–Trinajstić information content (AvgIpc) is 3.88. The van der Waals surface area contributed by atoms with E-state index < -0.39 is 0 Å². The van der Waals surface area contributed by atoms with Crippen molar-refractivity contribution >= 4 is 17.7 Å².